The summed E-state index contributed by atoms with van der Waals surface area (Å²) in [6, 6.07) is 22.6. The number of allylic oxidation sites excluding steroid dienone is 1. The molecule has 1 saturated carbocycles. The van der Waals surface area contributed by atoms with Gasteiger partial charge in [-0.05, 0) is 78.4 Å². The number of para-hydroxylation sites is 1. The van der Waals surface area contributed by atoms with Crippen molar-refractivity contribution >= 4 is 29.1 Å². The highest BCUT2D eigenvalue weighted by Crippen LogP contribution is 2.44. The quantitative estimate of drug-likeness (QED) is 0.370. The number of carbonyl (C=O) groups is 1. The zero-order chi connectivity index (χ0) is 27.5. The molecule has 2 atom stereocenters. The summed E-state index contributed by atoms with van der Waals surface area (Å²) in [7, 11) is 8.06. The lowest BCUT2D eigenvalue weighted by atomic mass is 9.77. The van der Waals surface area contributed by atoms with Crippen LogP contribution in [0.4, 0.5) is 15.8 Å². The fourth-order valence-corrected chi connectivity index (χ4v) is 5.35. The first kappa shape index (κ1) is 26.5. The molecule has 1 aliphatic heterocycles. The lowest BCUT2D eigenvalue weighted by Crippen LogP contribution is -2.34. The van der Waals surface area contributed by atoms with E-state index in [2.05, 4.69) is 64.4 Å². The predicted octanol–water partition coefficient (Wildman–Crippen LogP) is 6.16. The summed E-state index contributed by atoms with van der Waals surface area (Å²) in [5.74, 6) is -0.651. The van der Waals surface area contributed by atoms with Crippen molar-refractivity contribution in [1.82, 2.24) is 5.01 Å². The van der Waals surface area contributed by atoms with Gasteiger partial charge < -0.3 is 14.5 Å². The Kier molecular flexibility index (Phi) is 7.68. The van der Waals surface area contributed by atoms with Gasteiger partial charge in [0.1, 0.15) is 0 Å². The summed E-state index contributed by atoms with van der Waals surface area (Å²) in [5, 5.41) is 6.49. The Morgan fingerprint density at radius 1 is 0.974 bits per heavy atom. The number of anilines is 2. The molecular formula is C32H35FN4O2. The summed E-state index contributed by atoms with van der Waals surface area (Å²) >= 11 is 0. The minimum Gasteiger partial charge on any atom is -0.481 e. The first-order valence-electron chi connectivity index (χ1n) is 13.4. The number of hydrazone groups is 1. The molecule has 0 radical (unpaired) electrons. The number of rotatable bonds is 7. The van der Waals surface area contributed by atoms with Crippen LogP contribution in [0.15, 0.2) is 83.5 Å². The van der Waals surface area contributed by atoms with Gasteiger partial charge in [-0.2, -0.15) is 5.10 Å². The highest BCUT2D eigenvalue weighted by Gasteiger charge is 2.43. The zero-order valence-corrected chi connectivity index (χ0v) is 23.0. The minimum atomic E-state index is -0.493. The molecule has 1 fully saturated rings. The minimum absolute atomic E-state index is 0.0590. The maximum Gasteiger partial charge on any atom is 0.281 e. The summed E-state index contributed by atoms with van der Waals surface area (Å²) in [4.78, 5) is 17.7. The molecule has 3 aromatic carbocycles. The van der Waals surface area contributed by atoms with Gasteiger partial charge in [-0.3, -0.25) is 4.79 Å². The van der Waals surface area contributed by atoms with Crippen molar-refractivity contribution in [3.63, 3.8) is 0 Å². The maximum atomic E-state index is 14.1. The highest BCUT2D eigenvalue weighted by molar-refractivity contribution is 6.08. The molecule has 7 heteroatoms. The normalized spacial score (nSPS) is 19.5. The van der Waals surface area contributed by atoms with E-state index in [-0.39, 0.29) is 30.2 Å². The van der Waals surface area contributed by atoms with Gasteiger partial charge in [0, 0.05) is 45.5 Å². The van der Waals surface area contributed by atoms with E-state index in [4.69, 9.17) is 9.84 Å². The second-order valence-corrected chi connectivity index (χ2v) is 10.5. The lowest BCUT2D eigenvalue weighted by Gasteiger charge is -2.30. The third-order valence-corrected chi connectivity index (χ3v) is 7.45. The third-order valence-electron chi connectivity index (χ3n) is 7.45. The predicted molar refractivity (Wildman–Crippen MR) is 156 cm³/mol. The molecule has 0 aromatic heterocycles. The van der Waals surface area contributed by atoms with Crippen LogP contribution in [0.1, 0.15) is 36.4 Å². The van der Waals surface area contributed by atoms with E-state index in [0.717, 1.165) is 53.0 Å². The summed E-state index contributed by atoms with van der Waals surface area (Å²) < 4.78 is 19.7. The van der Waals surface area contributed by atoms with E-state index in [1.54, 1.807) is 17.1 Å². The van der Waals surface area contributed by atoms with Crippen LogP contribution in [-0.2, 0) is 4.79 Å². The van der Waals surface area contributed by atoms with Gasteiger partial charge in [-0.15, -0.1) is 0 Å². The molecular weight excluding hydrogens is 491 g/mol. The number of benzene rings is 3. The van der Waals surface area contributed by atoms with Crippen molar-refractivity contribution in [3.8, 4) is 5.75 Å². The average molecular weight is 527 g/mol. The van der Waals surface area contributed by atoms with Gasteiger partial charge in [0.25, 0.3) is 5.91 Å². The molecule has 1 amide bonds. The molecule has 0 N–H and O–H groups in total. The molecule has 6 nitrogen and oxygen atoms in total. The van der Waals surface area contributed by atoms with Crippen LogP contribution < -0.4 is 14.5 Å². The molecule has 0 unspecified atom stereocenters. The van der Waals surface area contributed by atoms with Crippen LogP contribution >= 0.6 is 0 Å². The number of amides is 1. The fourth-order valence-electron chi connectivity index (χ4n) is 5.35. The average Bonchev–Trinajstić information content (AvgIpc) is 3.33. The van der Waals surface area contributed by atoms with Gasteiger partial charge in [0.05, 0.1) is 11.8 Å². The monoisotopic (exact) mass is 526 g/mol. The van der Waals surface area contributed by atoms with Gasteiger partial charge in [-0.25, -0.2) is 9.40 Å². The Bertz CT molecular complexity index is 1380. The SMILES string of the molecule is CN(C)c1ccc(/C=C2/CCC[C@H]3C2=NN(C(=O)COc2ccccc2F)[C@H]3c2ccc(N(C)C)cc2)cc1. The Morgan fingerprint density at radius 3 is 2.26 bits per heavy atom. The van der Waals surface area contributed by atoms with Crippen molar-refractivity contribution < 1.29 is 13.9 Å². The van der Waals surface area contributed by atoms with Gasteiger partial charge in [-0.1, -0.05) is 36.4 Å². The Morgan fingerprint density at radius 2 is 1.62 bits per heavy atom. The van der Waals surface area contributed by atoms with Crippen LogP contribution in [0.2, 0.25) is 0 Å². The van der Waals surface area contributed by atoms with Gasteiger partial charge in [0.2, 0.25) is 0 Å². The first-order chi connectivity index (χ1) is 18.8. The summed E-state index contributed by atoms with van der Waals surface area (Å²) in [6.45, 7) is -0.290. The smallest absolute Gasteiger partial charge is 0.281 e. The molecule has 0 saturated heterocycles. The number of hydrogen-bond donors (Lipinski definition) is 0. The molecule has 39 heavy (non-hydrogen) atoms. The number of hydrogen-bond acceptors (Lipinski definition) is 5. The standard InChI is InChI=1S/C32H35FN4O2/c1-35(2)25-16-12-22(13-17-25)20-24-8-7-9-27-31(24)34-37(30(38)21-39-29-11-6-5-10-28(29)33)32(27)23-14-18-26(19-15-23)36(3)4/h5-6,10-20,27,32H,7-9,21H2,1-4H3/b24-20-/t27-,32-/m0/s1. The van der Waals surface area contributed by atoms with E-state index in [1.807, 2.05) is 28.2 Å². The van der Waals surface area contributed by atoms with E-state index in [1.165, 1.54) is 12.1 Å². The second kappa shape index (κ2) is 11.3. The molecule has 3 aromatic rings. The molecule has 1 heterocycles. The third kappa shape index (κ3) is 5.67. The summed E-state index contributed by atoms with van der Waals surface area (Å²) in [6.07, 6.45) is 5.06. The van der Waals surface area contributed by atoms with Crippen molar-refractivity contribution in [1.29, 1.82) is 0 Å². The number of ether oxygens (including phenoxy) is 1. The number of fused-ring (bicyclic) bond motifs is 1. The van der Waals surface area contributed by atoms with Crippen LogP contribution in [-0.4, -0.2) is 51.4 Å². The van der Waals surface area contributed by atoms with E-state index >= 15 is 0 Å². The number of halogens is 1. The lowest BCUT2D eigenvalue weighted by molar-refractivity contribution is -0.135. The van der Waals surface area contributed by atoms with Crippen LogP contribution in [0, 0.1) is 11.7 Å². The Balaban J connectivity index is 1.47. The van der Waals surface area contributed by atoms with Gasteiger partial charge >= 0.3 is 0 Å². The largest absolute Gasteiger partial charge is 0.481 e. The molecule has 2 aliphatic rings. The Labute approximate surface area is 230 Å². The van der Waals surface area contributed by atoms with E-state index in [0.29, 0.717) is 0 Å². The molecule has 5 rings (SSSR count). The molecule has 0 bridgehead atoms. The van der Waals surface area contributed by atoms with Crippen molar-refractivity contribution in [2.45, 2.75) is 25.3 Å². The van der Waals surface area contributed by atoms with Gasteiger partial charge in [0.15, 0.2) is 18.2 Å². The van der Waals surface area contributed by atoms with E-state index in [9.17, 15) is 9.18 Å². The highest BCUT2D eigenvalue weighted by atomic mass is 19.1. The zero-order valence-electron chi connectivity index (χ0n) is 23.0. The fraction of sp³-hybridized carbons (Fsp3) is 0.312. The van der Waals surface area contributed by atoms with Crippen molar-refractivity contribution in [3.05, 3.63) is 95.3 Å². The van der Waals surface area contributed by atoms with E-state index < -0.39 is 5.82 Å². The Hall–Kier alpha value is -4.13. The first-order valence-corrected chi connectivity index (χ1v) is 13.4. The second-order valence-electron chi connectivity index (χ2n) is 10.5. The van der Waals surface area contributed by atoms with Crippen molar-refractivity contribution in [2.75, 3.05) is 44.6 Å². The number of carbonyl (C=O) groups excluding carboxylic acids is 1. The molecule has 1 aliphatic carbocycles. The maximum absolute atomic E-state index is 14.1. The van der Waals surface area contributed by atoms with Crippen LogP contribution in [0.3, 0.4) is 0 Å². The molecule has 0 spiro atoms. The van der Waals surface area contributed by atoms with Crippen LogP contribution in [0.5, 0.6) is 5.75 Å². The topological polar surface area (TPSA) is 48.4 Å². The molecule has 202 valence electrons. The van der Waals surface area contributed by atoms with Crippen molar-refractivity contribution in [2.24, 2.45) is 11.0 Å². The van der Waals surface area contributed by atoms with Crippen LogP contribution in [0.25, 0.3) is 6.08 Å². The number of nitrogens with zero attached hydrogens (tertiary/aromatic N) is 4. The summed E-state index contributed by atoms with van der Waals surface area (Å²) in [5.41, 5.74) is 6.48.